The highest BCUT2D eigenvalue weighted by Crippen LogP contribution is 2.25. The van der Waals surface area contributed by atoms with E-state index in [1.807, 2.05) is 12.1 Å². The van der Waals surface area contributed by atoms with Gasteiger partial charge in [0.05, 0.1) is 34.1 Å². The van der Waals surface area contributed by atoms with Crippen molar-refractivity contribution in [2.75, 3.05) is 40.6 Å². The van der Waals surface area contributed by atoms with Gasteiger partial charge in [-0.1, -0.05) is 15.9 Å². The number of benzene rings is 1. The predicted octanol–water partition coefficient (Wildman–Crippen LogP) is 2.50. The van der Waals surface area contributed by atoms with Crippen molar-refractivity contribution in [3.05, 3.63) is 46.2 Å². The zero-order valence-electron chi connectivity index (χ0n) is 13.5. The second-order valence-corrected chi connectivity index (χ2v) is 6.68. The summed E-state index contributed by atoms with van der Waals surface area (Å²) in [6, 6.07) is 5.96. The number of rotatable bonds is 5. The standard InChI is InChI=1S/C17H22BrN3O2/c1-22-15-4-5-16(23-2)13(9-15)7-8-20-11-19-17-6-3-14(18)10-21(17)12-20/h3-6,9,19H,7-8,10-12H2,1-2H3. The Morgan fingerprint density at radius 2 is 2.09 bits per heavy atom. The molecule has 5 nitrogen and oxygen atoms in total. The SMILES string of the molecule is COc1ccc(OC)c(CCN2CNC3=CC=C(Br)CN3C2)c1. The first-order chi connectivity index (χ1) is 11.2. The number of allylic oxidation sites excluding steroid dienone is 2. The number of methoxy groups -OCH3 is 2. The minimum atomic E-state index is 0.861. The maximum atomic E-state index is 5.46. The maximum absolute atomic E-state index is 5.46. The molecule has 2 aliphatic heterocycles. The monoisotopic (exact) mass is 379 g/mol. The normalized spacial score (nSPS) is 17.8. The zero-order valence-corrected chi connectivity index (χ0v) is 15.1. The Bertz CT molecular complexity index is 630. The summed E-state index contributed by atoms with van der Waals surface area (Å²) in [5.74, 6) is 2.98. The van der Waals surface area contributed by atoms with Gasteiger partial charge in [0, 0.05) is 11.0 Å². The van der Waals surface area contributed by atoms with Gasteiger partial charge in [-0.2, -0.15) is 0 Å². The van der Waals surface area contributed by atoms with Crippen molar-refractivity contribution in [2.24, 2.45) is 0 Å². The highest BCUT2D eigenvalue weighted by molar-refractivity contribution is 9.11. The van der Waals surface area contributed by atoms with E-state index in [1.165, 1.54) is 15.9 Å². The van der Waals surface area contributed by atoms with Crippen LogP contribution in [0, 0.1) is 0 Å². The quantitative estimate of drug-likeness (QED) is 0.850. The van der Waals surface area contributed by atoms with Crippen LogP contribution in [0.4, 0.5) is 0 Å². The molecule has 1 fully saturated rings. The molecule has 1 saturated heterocycles. The molecule has 0 bridgehead atoms. The highest BCUT2D eigenvalue weighted by atomic mass is 79.9. The molecule has 1 aromatic carbocycles. The number of hydrogen-bond donors (Lipinski definition) is 1. The largest absolute Gasteiger partial charge is 0.497 e. The van der Waals surface area contributed by atoms with Crippen LogP contribution in [-0.2, 0) is 6.42 Å². The smallest absolute Gasteiger partial charge is 0.122 e. The number of halogens is 1. The van der Waals surface area contributed by atoms with Crippen molar-refractivity contribution in [3.63, 3.8) is 0 Å². The third-order valence-electron chi connectivity index (χ3n) is 4.14. The molecule has 0 unspecified atom stereocenters. The van der Waals surface area contributed by atoms with Crippen molar-refractivity contribution in [1.82, 2.24) is 15.1 Å². The molecule has 0 radical (unpaired) electrons. The van der Waals surface area contributed by atoms with E-state index >= 15 is 0 Å². The molecular formula is C17H22BrN3O2. The van der Waals surface area contributed by atoms with Crippen molar-refractivity contribution in [2.45, 2.75) is 6.42 Å². The van der Waals surface area contributed by atoms with E-state index in [0.29, 0.717) is 0 Å². The van der Waals surface area contributed by atoms with E-state index in [9.17, 15) is 0 Å². The van der Waals surface area contributed by atoms with Gasteiger partial charge in [-0.05, 0) is 42.3 Å². The van der Waals surface area contributed by atoms with Crippen LogP contribution in [0.3, 0.4) is 0 Å². The van der Waals surface area contributed by atoms with Crippen LogP contribution in [0.15, 0.2) is 40.7 Å². The highest BCUT2D eigenvalue weighted by Gasteiger charge is 2.22. The molecule has 6 heteroatoms. The molecular weight excluding hydrogens is 358 g/mol. The van der Waals surface area contributed by atoms with Crippen LogP contribution >= 0.6 is 15.9 Å². The maximum Gasteiger partial charge on any atom is 0.122 e. The van der Waals surface area contributed by atoms with E-state index in [2.05, 4.69) is 49.3 Å². The molecule has 0 spiro atoms. The van der Waals surface area contributed by atoms with E-state index < -0.39 is 0 Å². The zero-order chi connectivity index (χ0) is 16.2. The summed E-state index contributed by atoms with van der Waals surface area (Å²) in [5.41, 5.74) is 1.17. The average molecular weight is 380 g/mol. The van der Waals surface area contributed by atoms with Gasteiger partial charge in [0.2, 0.25) is 0 Å². The summed E-state index contributed by atoms with van der Waals surface area (Å²) in [4.78, 5) is 4.72. The molecule has 0 saturated carbocycles. The lowest BCUT2D eigenvalue weighted by molar-refractivity contribution is 0.112. The van der Waals surface area contributed by atoms with Gasteiger partial charge < -0.3 is 19.7 Å². The average Bonchev–Trinajstić information content (AvgIpc) is 2.59. The van der Waals surface area contributed by atoms with Gasteiger partial charge in [-0.3, -0.25) is 4.90 Å². The Morgan fingerprint density at radius 3 is 2.87 bits per heavy atom. The van der Waals surface area contributed by atoms with E-state index in [0.717, 1.165) is 44.3 Å². The third-order valence-corrected chi connectivity index (χ3v) is 4.66. The molecule has 1 N–H and O–H groups in total. The molecule has 1 aromatic rings. The lowest BCUT2D eigenvalue weighted by atomic mass is 10.1. The lowest BCUT2D eigenvalue weighted by Gasteiger charge is -2.40. The van der Waals surface area contributed by atoms with Gasteiger partial charge in [0.1, 0.15) is 17.3 Å². The Balaban J connectivity index is 1.61. The molecule has 3 rings (SSSR count). The molecule has 0 aromatic heterocycles. The number of ether oxygens (including phenoxy) is 2. The number of nitrogens with one attached hydrogen (secondary N) is 1. The summed E-state index contributed by atoms with van der Waals surface area (Å²) in [6.45, 7) is 3.66. The Hall–Kier alpha value is -1.66. The lowest BCUT2D eigenvalue weighted by Crippen LogP contribution is -2.52. The van der Waals surface area contributed by atoms with Crippen molar-refractivity contribution in [1.29, 1.82) is 0 Å². The fourth-order valence-corrected chi connectivity index (χ4v) is 3.32. The van der Waals surface area contributed by atoms with E-state index in [4.69, 9.17) is 9.47 Å². The Kier molecular flexibility index (Phi) is 5.13. The molecule has 0 aliphatic carbocycles. The van der Waals surface area contributed by atoms with Crippen LogP contribution in [0.5, 0.6) is 11.5 Å². The van der Waals surface area contributed by atoms with Crippen molar-refractivity contribution >= 4 is 15.9 Å². The van der Waals surface area contributed by atoms with Gasteiger partial charge in [0.25, 0.3) is 0 Å². The van der Waals surface area contributed by atoms with Crippen molar-refractivity contribution < 1.29 is 9.47 Å². The minimum Gasteiger partial charge on any atom is -0.497 e. The Labute approximate surface area is 145 Å². The summed E-state index contributed by atoms with van der Waals surface area (Å²) < 4.78 is 12.0. The number of hydrogen-bond acceptors (Lipinski definition) is 5. The fraction of sp³-hybridized carbons (Fsp3) is 0.412. The first kappa shape index (κ1) is 16.2. The molecule has 2 aliphatic rings. The van der Waals surface area contributed by atoms with Crippen LogP contribution in [-0.4, -0.2) is 50.4 Å². The molecule has 0 amide bonds. The summed E-state index contributed by atoms with van der Waals surface area (Å²) in [7, 11) is 3.40. The molecule has 124 valence electrons. The topological polar surface area (TPSA) is 37.0 Å². The second kappa shape index (κ2) is 7.27. The van der Waals surface area contributed by atoms with Gasteiger partial charge in [-0.25, -0.2) is 0 Å². The van der Waals surface area contributed by atoms with Gasteiger partial charge in [0.15, 0.2) is 0 Å². The van der Waals surface area contributed by atoms with Gasteiger partial charge >= 0.3 is 0 Å². The molecule has 23 heavy (non-hydrogen) atoms. The Morgan fingerprint density at radius 1 is 1.22 bits per heavy atom. The first-order valence-corrected chi connectivity index (χ1v) is 8.47. The van der Waals surface area contributed by atoms with Crippen LogP contribution < -0.4 is 14.8 Å². The van der Waals surface area contributed by atoms with Crippen LogP contribution in [0.25, 0.3) is 0 Å². The molecule has 0 atom stereocenters. The summed E-state index contributed by atoms with van der Waals surface area (Å²) >= 11 is 3.58. The van der Waals surface area contributed by atoms with Gasteiger partial charge in [-0.15, -0.1) is 0 Å². The molecule has 2 heterocycles. The summed E-state index contributed by atoms with van der Waals surface area (Å²) in [5, 5.41) is 3.47. The van der Waals surface area contributed by atoms with Crippen molar-refractivity contribution in [3.8, 4) is 11.5 Å². The third kappa shape index (κ3) is 3.82. The van der Waals surface area contributed by atoms with E-state index in [-0.39, 0.29) is 0 Å². The number of nitrogens with zero attached hydrogens (tertiary/aromatic N) is 2. The van der Waals surface area contributed by atoms with Crippen LogP contribution in [0.2, 0.25) is 0 Å². The van der Waals surface area contributed by atoms with E-state index in [1.54, 1.807) is 14.2 Å². The second-order valence-electron chi connectivity index (χ2n) is 5.66. The fourth-order valence-electron chi connectivity index (χ4n) is 2.88. The predicted molar refractivity (Wildman–Crippen MR) is 94.6 cm³/mol. The van der Waals surface area contributed by atoms with Crippen LogP contribution in [0.1, 0.15) is 5.56 Å². The minimum absolute atomic E-state index is 0.861. The number of fused-ring (bicyclic) bond motifs is 1. The first-order valence-electron chi connectivity index (χ1n) is 7.68. The summed E-state index contributed by atoms with van der Waals surface area (Å²) in [6.07, 6.45) is 5.15.